The predicted octanol–water partition coefficient (Wildman–Crippen LogP) is 12.5. The van der Waals surface area contributed by atoms with Crippen molar-refractivity contribution in [2.75, 3.05) is 6.61 Å². The van der Waals surface area contributed by atoms with Crippen molar-refractivity contribution in [2.45, 2.75) is 112 Å². The molecule has 0 fully saturated rings. The number of hydrogen-bond acceptors (Lipinski definition) is 4. The summed E-state index contributed by atoms with van der Waals surface area (Å²) in [6, 6.07) is 29.8. The first kappa shape index (κ1) is 39.0. The molecule has 0 aliphatic carbocycles. The molecule has 4 aromatic carbocycles. The number of ether oxygens (including phenoxy) is 2. The normalized spacial score (nSPS) is 16.1. The van der Waals surface area contributed by atoms with Gasteiger partial charge in [0, 0.05) is 28.5 Å². The van der Waals surface area contributed by atoms with Gasteiger partial charge in [-0.2, -0.15) is 6.07 Å². The van der Waals surface area contributed by atoms with Crippen LogP contribution < -0.4 is 4.74 Å². The predicted molar refractivity (Wildman–Crippen MR) is 223 cm³/mol. The summed E-state index contributed by atoms with van der Waals surface area (Å²) in [5.41, 5.74) is 13.4. The van der Waals surface area contributed by atoms with Crippen molar-refractivity contribution < 1.29 is 30.5 Å². The monoisotopic (exact) mass is 910 g/mol. The standard InChI is InChI=1S/C49H53N3O2.Pt/c1-27(2)35-15-13-16-36(28(3)4)44(35)31-20-32(47-51-41(26-53-47)29(5)6)22-34(21-31)54-43-25-42-39(19-30(43)7)49(11,12)40-24-33(48(8,9)10)23-38-37-17-14-18-50-46(37)52(42)45(38)40;/h13-21,23-24,27-29,41H,26H2,1-12H3;/q-2;+2/t41-;/m0./s1. The fourth-order valence-electron chi connectivity index (χ4n) is 8.36. The van der Waals surface area contributed by atoms with Crippen LogP contribution in [0.2, 0.25) is 0 Å². The largest absolute Gasteiger partial charge is 2.00 e. The molecule has 0 spiro atoms. The number of pyridine rings is 1. The van der Waals surface area contributed by atoms with Crippen LogP contribution in [0.25, 0.3) is 38.8 Å². The molecule has 0 amide bonds. The van der Waals surface area contributed by atoms with Crippen LogP contribution in [0, 0.1) is 25.0 Å². The van der Waals surface area contributed by atoms with Crippen LogP contribution in [0.15, 0.2) is 71.9 Å². The summed E-state index contributed by atoms with van der Waals surface area (Å²) in [4.78, 5) is 10.00. The molecule has 8 rings (SSSR count). The van der Waals surface area contributed by atoms with Gasteiger partial charge in [0.1, 0.15) is 11.5 Å². The average Bonchev–Trinajstić information content (AvgIpc) is 3.75. The van der Waals surface area contributed by atoms with Gasteiger partial charge in [-0.3, -0.25) is 4.99 Å². The third-order valence-corrected chi connectivity index (χ3v) is 11.7. The second kappa shape index (κ2) is 14.1. The third kappa shape index (κ3) is 6.55. The first-order valence-electron chi connectivity index (χ1n) is 19.7. The molecule has 6 heteroatoms. The summed E-state index contributed by atoms with van der Waals surface area (Å²) in [5, 5.41) is 2.37. The molecule has 2 aliphatic rings. The number of nitrogens with zero attached hydrogens (tertiary/aromatic N) is 3. The van der Waals surface area contributed by atoms with E-state index in [1.807, 2.05) is 12.3 Å². The van der Waals surface area contributed by atoms with Crippen molar-refractivity contribution in [2.24, 2.45) is 10.9 Å². The van der Waals surface area contributed by atoms with E-state index in [1.54, 1.807) is 0 Å². The molecule has 286 valence electrons. The van der Waals surface area contributed by atoms with Crippen molar-refractivity contribution in [3.63, 3.8) is 0 Å². The topological polar surface area (TPSA) is 48.6 Å². The van der Waals surface area contributed by atoms with Crippen LogP contribution in [0.1, 0.15) is 127 Å². The number of hydrogen-bond donors (Lipinski definition) is 0. The Morgan fingerprint density at radius 2 is 1.58 bits per heavy atom. The third-order valence-electron chi connectivity index (χ3n) is 11.7. The molecule has 1 atom stereocenters. The summed E-state index contributed by atoms with van der Waals surface area (Å²) in [6.07, 6.45) is 1.89. The van der Waals surface area contributed by atoms with Gasteiger partial charge >= 0.3 is 21.1 Å². The van der Waals surface area contributed by atoms with Crippen molar-refractivity contribution in [1.29, 1.82) is 0 Å². The molecule has 6 aromatic rings. The first-order valence-corrected chi connectivity index (χ1v) is 19.7. The van der Waals surface area contributed by atoms with E-state index in [0.29, 0.717) is 41.8 Å². The Balaban J connectivity index is 0.00000465. The van der Waals surface area contributed by atoms with Crippen molar-refractivity contribution in [3.8, 4) is 28.3 Å². The SMILES string of the molecule is Cc1cc2c([c-]c1Oc1[c-]c(C3=N[C@H](C(C)C)CO3)cc(-c3c(C(C)C)cccc3C(C)C)c1)-n1c3ncccc3c3cc(C(C)(C)C)cc(c31)C2(C)C.[Pt+2]. The molecule has 0 radical (unpaired) electrons. The van der Waals surface area contributed by atoms with Gasteiger partial charge < -0.3 is 14.0 Å². The molecule has 55 heavy (non-hydrogen) atoms. The van der Waals surface area contributed by atoms with Gasteiger partial charge in [-0.25, -0.2) is 4.98 Å². The van der Waals surface area contributed by atoms with Gasteiger partial charge in [0.25, 0.3) is 0 Å². The molecule has 0 saturated heterocycles. The maximum Gasteiger partial charge on any atom is 2.00 e. The minimum absolute atomic E-state index is 0. The van der Waals surface area contributed by atoms with Crippen LogP contribution in [0.3, 0.4) is 0 Å². The average molecular weight is 911 g/mol. The number of rotatable bonds is 7. The maximum atomic E-state index is 6.96. The Morgan fingerprint density at radius 3 is 2.22 bits per heavy atom. The maximum absolute atomic E-state index is 6.96. The van der Waals surface area contributed by atoms with Gasteiger partial charge in [-0.15, -0.1) is 23.3 Å². The Hall–Kier alpha value is -4.21. The zero-order valence-electron chi connectivity index (χ0n) is 34.3. The van der Waals surface area contributed by atoms with E-state index < -0.39 is 0 Å². The van der Waals surface area contributed by atoms with E-state index >= 15 is 0 Å². The van der Waals surface area contributed by atoms with E-state index in [-0.39, 0.29) is 37.9 Å². The summed E-state index contributed by atoms with van der Waals surface area (Å²) >= 11 is 0. The van der Waals surface area contributed by atoms with E-state index in [9.17, 15) is 0 Å². The van der Waals surface area contributed by atoms with Gasteiger partial charge in [-0.05, 0) is 74.6 Å². The van der Waals surface area contributed by atoms with Crippen LogP contribution >= 0.6 is 0 Å². The Bertz CT molecular complexity index is 2470. The molecule has 4 heterocycles. The fraction of sp³-hybridized carbons (Fsp3) is 0.388. The van der Waals surface area contributed by atoms with Crippen molar-refractivity contribution in [3.05, 3.63) is 118 Å². The molecule has 2 aliphatic heterocycles. The molecule has 5 nitrogen and oxygen atoms in total. The van der Waals surface area contributed by atoms with Crippen LogP contribution in [0.4, 0.5) is 0 Å². The minimum Gasteiger partial charge on any atom is -0.518 e. The molecule has 0 saturated carbocycles. The number of benzene rings is 4. The van der Waals surface area contributed by atoms with Crippen molar-refractivity contribution in [1.82, 2.24) is 9.55 Å². The molecular weight excluding hydrogens is 858 g/mol. The van der Waals surface area contributed by atoms with Gasteiger partial charge in [0.05, 0.1) is 18.2 Å². The molecular formula is C49H53N3O2Pt. The molecule has 0 bridgehead atoms. The Kier molecular flexibility index (Phi) is 9.98. The Morgan fingerprint density at radius 1 is 0.873 bits per heavy atom. The number of aromatic nitrogens is 2. The van der Waals surface area contributed by atoms with Gasteiger partial charge in [0.15, 0.2) is 0 Å². The smallest absolute Gasteiger partial charge is 0.518 e. The summed E-state index contributed by atoms with van der Waals surface area (Å²) < 4.78 is 15.5. The van der Waals surface area contributed by atoms with E-state index in [1.165, 1.54) is 44.3 Å². The zero-order chi connectivity index (χ0) is 38.4. The Labute approximate surface area is 341 Å². The van der Waals surface area contributed by atoms with E-state index in [0.717, 1.165) is 33.4 Å². The quantitative estimate of drug-likeness (QED) is 0.150. The number of fused-ring (bicyclic) bond motifs is 5. The first-order chi connectivity index (χ1) is 25.5. The van der Waals surface area contributed by atoms with Gasteiger partial charge in [0.2, 0.25) is 0 Å². The van der Waals surface area contributed by atoms with E-state index in [4.69, 9.17) is 19.5 Å². The number of aryl methyl sites for hydroxylation is 1. The van der Waals surface area contributed by atoms with Crippen LogP contribution in [-0.4, -0.2) is 28.1 Å². The van der Waals surface area contributed by atoms with E-state index in [2.05, 4.69) is 154 Å². The van der Waals surface area contributed by atoms with Crippen molar-refractivity contribution >= 4 is 27.8 Å². The van der Waals surface area contributed by atoms with Crippen LogP contribution in [0.5, 0.6) is 11.5 Å². The second-order valence-corrected chi connectivity index (χ2v) is 18.0. The fourth-order valence-corrected chi connectivity index (χ4v) is 8.36. The zero-order valence-corrected chi connectivity index (χ0v) is 36.6. The molecule has 0 unspecified atom stereocenters. The van der Waals surface area contributed by atoms with Crippen LogP contribution in [-0.2, 0) is 36.6 Å². The summed E-state index contributed by atoms with van der Waals surface area (Å²) in [7, 11) is 0. The number of aliphatic imine (C=N–C) groups is 1. The minimum atomic E-state index is -0.281. The molecule has 0 N–H and O–H groups in total. The summed E-state index contributed by atoms with van der Waals surface area (Å²) in [5.74, 6) is 2.96. The van der Waals surface area contributed by atoms with Gasteiger partial charge in [-0.1, -0.05) is 136 Å². The second-order valence-electron chi connectivity index (χ2n) is 18.0. The summed E-state index contributed by atoms with van der Waals surface area (Å²) in [6.45, 7) is 27.7. The molecule has 2 aromatic heterocycles.